The van der Waals surface area contributed by atoms with Crippen LogP contribution in [-0.4, -0.2) is 17.1 Å². The van der Waals surface area contributed by atoms with Crippen LogP contribution in [0.15, 0.2) is 46.9 Å². The first-order chi connectivity index (χ1) is 9.95. The fourth-order valence-corrected chi connectivity index (χ4v) is 1.97. The van der Waals surface area contributed by atoms with E-state index in [1.807, 2.05) is 0 Å². The van der Waals surface area contributed by atoms with E-state index in [1.54, 1.807) is 0 Å². The average molecular weight is 353 g/mol. The van der Waals surface area contributed by atoms with Crippen molar-refractivity contribution in [1.82, 2.24) is 0 Å². The molecule has 108 valence electrons. The summed E-state index contributed by atoms with van der Waals surface area (Å²) in [4.78, 5) is 22.6. The first-order valence-corrected chi connectivity index (χ1v) is 6.61. The number of nitrogens with one attached hydrogen (secondary N) is 2. The summed E-state index contributed by atoms with van der Waals surface area (Å²) in [6.07, 6.45) is 0. The molecule has 7 heteroatoms. The lowest BCUT2D eigenvalue weighted by Crippen LogP contribution is -2.20. The molecular formula is C14H10BrFN2O3. The molecule has 0 saturated heterocycles. The van der Waals surface area contributed by atoms with E-state index >= 15 is 0 Å². The lowest BCUT2D eigenvalue weighted by atomic mass is 10.2. The Labute approximate surface area is 127 Å². The molecule has 0 heterocycles. The van der Waals surface area contributed by atoms with Gasteiger partial charge in [-0.2, -0.15) is 0 Å². The van der Waals surface area contributed by atoms with E-state index in [0.717, 1.165) is 0 Å². The molecule has 3 N–H and O–H groups in total. The number of carbonyl (C=O) groups is 2. The van der Waals surface area contributed by atoms with Crippen LogP contribution in [0, 0.1) is 5.82 Å². The van der Waals surface area contributed by atoms with Crippen LogP contribution in [-0.2, 0) is 0 Å². The van der Waals surface area contributed by atoms with E-state index in [2.05, 4.69) is 26.6 Å². The summed E-state index contributed by atoms with van der Waals surface area (Å²) in [6.45, 7) is 0. The second kappa shape index (κ2) is 6.36. The Morgan fingerprint density at radius 3 is 2.57 bits per heavy atom. The van der Waals surface area contributed by atoms with Crippen molar-refractivity contribution in [2.24, 2.45) is 0 Å². The molecule has 0 atom stereocenters. The SMILES string of the molecule is O=C(Nc1cccc(C(=O)O)c1)Nc1cc(Br)ccc1F. The van der Waals surface area contributed by atoms with Crippen LogP contribution >= 0.6 is 15.9 Å². The monoisotopic (exact) mass is 352 g/mol. The van der Waals surface area contributed by atoms with Crippen molar-refractivity contribution < 1.29 is 19.1 Å². The Kier molecular flexibility index (Phi) is 4.54. The quantitative estimate of drug-likeness (QED) is 0.782. The first-order valence-electron chi connectivity index (χ1n) is 5.82. The summed E-state index contributed by atoms with van der Waals surface area (Å²) in [5.41, 5.74) is 0.348. The summed E-state index contributed by atoms with van der Waals surface area (Å²) in [7, 11) is 0. The molecule has 0 aromatic heterocycles. The van der Waals surface area contributed by atoms with Gasteiger partial charge in [-0.25, -0.2) is 14.0 Å². The zero-order chi connectivity index (χ0) is 15.4. The first kappa shape index (κ1) is 15.0. The maximum absolute atomic E-state index is 13.5. The van der Waals surface area contributed by atoms with Gasteiger partial charge in [0.05, 0.1) is 11.3 Å². The Balaban J connectivity index is 2.10. The highest BCUT2D eigenvalue weighted by Gasteiger charge is 2.09. The van der Waals surface area contributed by atoms with Crippen molar-refractivity contribution in [2.45, 2.75) is 0 Å². The van der Waals surface area contributed by atoms with Crippen molar-refractivity contribution in [3.63, 3.8) is 0 Å². The van der Waals surface area contributed by atoms with E-state index in [1.165, 1.54) is 42.5 Å². The van der Waals surface area contributed by atoms with Gasteiger partial charge >= 0.3 is 12.0 Å². The van der Waals surface area contributed by atoms with E-state index in [0.29, 0.717) is 10.2 Å². The summed E-state index contributed by atoms with van der Waals surface area (Å²) < 4.78 is 14.1. The van der Waals surface area contributed by atoms with Crippen LogP contribution in [0.3, 0.4) is 0 Å². The molecule has 2 rings (SSSR count). The van der Waals surface area contributed by atoms with Gasteiger partial charge in [0.25, 0.3) is 0 Å². The number of halogens is 2. The number of rotatable bonds is 3. The lowest BCUT2D eigenvalue weighted by molar-refractivity contribution is 0.0697. The number of carbonyl (C=O) groups excluding carboxylic acids is 1. The third kappa shape index (κ3) is 4.03. The summed E-state index contributed by atoms with van der Waals surface area (Å²) in [5, 5.41) is 13.6. The number of benzene rings is 2. The minimum Gasteiger partial charge on any atom is -0.478 e. The normalized spacial score (nSPS) is 10.0. The Bertz CT molecular complexity index is 706. The van der Waals surface area contributed by atoms with E-state index in [-0.39, 0.29) is 11.3 Å². The van der Waals surface area contributed by atoms with Gasteiger partial charge < -0.3 is 15.7 Å². The number of amides is 2. The fourth-order valence-electron chi connectivity index (χ4n) is 1.61. The van der Waals surface area contributed by atoms with E-state index in [4.69, 9.17) is 5.11 Å². The predicted octanol–water partition coefficient (Wildman–Crippen LogP) is 3.93. The zero-order valence-corrected chi connectivity index (χ0v) is 12.1. The number of hydrogen-bond acceptors (Lipinski definition) is 2. The summed E-state index contributed by atoms with van der Waals surface area (Å²) in [6, 6.07) is 9.21. The van der Waals surface area contributed by atoms with Gasteiger partial charge in [0.15, 0.2) is 0 Å². The van der Waals surface area contributed by atoms with Gasteiger partial charge in [-0.3, -0.25) is 0 Å². The number of anilines is 2. The minimum atomic E-state index is -1.10. The van der Waals surface area contributed by atoms with Gasteiger partial charge in [0, 0.05) is 10.2 Å². The third-order valence-electron chi connectivity index (χ3n) is 2.54. The topological polar surface area (TPSA) is 78.4 Å². The van der Waals surface area contributed by atoms with Crippen molar-refractivity contribution in [3.8, 4) is 0 Å². The third-order valence-corrected chi connectivity index (χ3v) is 3.04. The summed E-state index contributed by atoms with van der Waals surface area (Å²) in [5.74, 6) is -1.68. The van der Waals surface area contributed by atoms with Crippen LogP contribution in [0.2, 0.25) is 0 Å². The molecule has 0 spiro atoms. The van der Waals surface area contributed by atoms with Crippen LogP contribution in [0.5, 0.6) is 0 Å². The number of carboxylic acids is 1. The molecule has 0 unspecified atom stereocenters. The van der Waals surface area contributed by atoms with Crippen molar-refractivity contribution in [3.05, 3.63) is 58.3 Å². The predicted molar refractivity (Wildman–Crippen MR) is 80.1 cm³/mol. The average Bonchev–Trinajstić information content (AvgIpc) is 2.43. The molecule has 0 bridgehead atoms. The molecular weight excluding hydrogens is 343 g/mol. The van der Waals surface area contributed by atoms with Gasteiger partial charge in [-0.05, 0) is 36.4 Å². The molecule has 2 aromatic carbocycles. The van der Waals surface area contributed by atoms with Crippen LogP contribution in [0.25, 0.3) is 0 Å². The Morgan fingerprint density at radius 2 is 1.86 bits per heavy atom. The molecule has 0 aliphatic rings. The lowest BCUT2D eigenvalue weighted by Gasteiger charge is -2.09. The molecule has 2 aromatic rings. The maximum atomic E-state index is 13.5. The van der Waals surface area contributed by atoms with Crippen LogP contribution in [0.4, 0.5) is 20.6 Å². The highest BCUT2D eigenvalue weighted by Crippen LogP contribution is 2.20. The largest absolute Gasteiger partial charge is 0.478 e. The number of carboxylic acid groups (broad SMARTS) is 1. The molecule has 0 saturated carbocycles. The van der Waals surface area contributed by atoms with Gasteiger partial charge in [0.1, 0.15) is 5.82 Å². The number of hydrogen-bond donors (Lipinski definition) is 3. The molecule has 21 heavy (non-hydrogen) atoms. The number of aromatic carboxylic acids is 1. The maximum Gasteiger partial charge on any atom is 0.335 e. The summed E-state index contributed by atoms with van der Waals surface area (Å²) >= 11 is 3.17. The second-order valence-corrected chi connectivity index (χ2v) is 5.00. The standard InChI is InChI=1S/C14H10BrFN2O3/c15-9-4-5-11(16)12(7-9)18-14(21)17-10-3-1-2-8(6-10)13(19)20/h1-7H,(H,19,20)(H2,17,18,21). The number of urea groups is 1. The highest BCUT2D eigenvalue weighted by molar-refractivity contribution is 9.10. The Morgan fingerprint density at radius 1 is 1.10 bits per heavy atom. The molecule has 2 amide bonds. The fraction of sp³-hybridized carbons (Fsp3) is 0. The van der Waals surface area contributed by atoms with Gasteiger partial charge in [-0.1, -0.05) is 22.0 Å². The van der Waals surface area contributed by atoms with Crippen molar-refractivity contribution in [2.75, 3.05) is 10.6 Å². The van der Waals surface area contributed by atoms with Crippen molar-refractivity contribution >= 4 is 39.3 Å². The smallest absolute Gasteiger partial charge is 0.335 e. The zero-order valence-electron chi connectivity index (χ0n) is 10.6. The highest BCUT2D eigenvalue weighted by atomic mass is 79.9. The van der Waals surface area contributed by atoms with Crippen LogP contribution in [0.1, 0.15) is 10.4 Å². The van der Waals surface area contributed by atoms with E-state index in [9.17, 15) is 14.0 Å². The molecule has 0 aliphatic carbocycles. The Hall–Kier alpha value is -2.41. The van der Waals surface area contributed by atoms with Crippen molar-refractivity contribution in [1.29, 1.82) is 0 Å². The molecule has 0 fully saturated rings. The molecule has 0 radical (unpaired) electrons. The minimum absolute atomic E-state index is 0.0104. The van der Waals surface area contributed by atoms with Gasteiger partial charge in [0.2, 0.25) is 0 Å². The van der Waals surface area contributed by atoms with E-state index < -0.39 is 17.8 Å². The second-order valence-electron chi connectivity index (χ2n) is 4.09. The van der Waals surface area contributed by atoms with Gasteiger partial charge in [-0.15, -0.1) is 0 Å². The molecule has 5 nitrogen and oxygen atoms in total. The molecule has 0 aliphatic heterocycles. The van der Waals surface area contributed by atoms with Crippen LogP contribution < -0.4 is 10.6 Å².